The monoisotopic (exact) mass is 1210 g/mol. The average molecular weight is 1220 g/mol. The van der Waals surface area contributed by atoms with Crippen LogP contribution in [0.25, 0.3) is 0 Å². The van der Waals surface area contributed by atoms with Crippen LogP contribution in [0.15, 0.2) is 25.3 Å². The van der Waals surface area contributed by atoms with Gasteiger partial charge in [-0.15, -0.1) is 20.4 Å². The van der Waals surface area contributed by atoms with E-state index in [0.29, 0.717) is 0 Å². The van der Waals surface area contributed by atoms with Gasteiger partial charge in [-0.1, -0.05) is 125 Å². The van der Waals surface area contributed by atoms with E-state index in [1.54, 1.807) is 150 Å². The van der Waals surface area contributed by atoms with Gasteiger partial charge in [-0.2, -0.15) is 0 Å². The number of hydrogen-bond donors (Lipinski definition) is 0. The van der Waals surface area contributed by atoms with Crippen LogP contribution in [0.3, 0.4) is 0 Å². The van der Waals surface area contributed by atoms with Gasteiger partial charge in [0.05, 0.1) is 0 Å². The molecule has 0 atom stereocenters. The number of carboxylic acid groups (broad SMARTS) is 6. The summed E-state index contributed by atoms with van der Waals surface area (Å²) in [5.41, 5.74) is -3.94. The predicted octanol–water partition coefficient (Wildman–Crippen LogP) is -2.90. The van der Waals surface area contributed by atoms with E-state index in [4.69, 9.17) is 0 Å². The average Bonchev–Trinajstić information content (AvgIpc) is 3.72. The fourth-order valence-corrected chi connectivity index (χ4v) is 1.09. The topological polar surface area (TPSA) is 488 Å². The molecule has 24 nitrogen and oxygen atoms in total. The molecule has 0 aliphatic rings. The molecule has 0 fully saturated rings. The summed E-state index contributed by atoms with van der Waals surface area (Å²) >= 11 is 0. The number of rotatable bonds is 0. The predicted molar refractivity (Wildman–Crippen MR) is 235 cm³/mol. The van der Waals surface area contributed by atoms with E-state index in [2.05, 4.69) is 61.9 Å². The summed E-state index contributed by atoms with van der Waals surface area (Å²) in [6.45, 7) is 41.4. The van der Waals surface area contributed by atoms with Gasteiger partial charge in [0, 0.05) is 79.4 Å². The van der Waals surface area contributed by atoms with Crippen molar-refractivity contribution < 1.29 is 161 Å². The zero-order valence-electron chi connectivity index (χ0n) is 45.0. The first-order valence-corrected chi connectivity index (χ1v) is 18.9. The van der Waals surface area contributed by atoms with Crippen molar-refractivity contribution in [1.82, 2.24) is 29.5 Å². The standard InChI is InChI=1S/2C6H11N3.6C5H10O2.4Cu.6H2O/c2*1-6(2,3)9-4-7-8-5-9;6*1-5(2,3)4(6)7;;;;;;;;;;/h2*4-5H,1-3H3;6*1-3H3,(H,6,7);;;;;6*1H2/q;;;;;;;;4*+2;;;;;;/p-8. The van der Waals surface area contributed by atoms with Gasteiger partial charge < -0.3 is 101 Å². The van der Waals surface area contributed by atoms with Crippen LogP contribution in [-0.2, 0) is 108 Å². The Hall–Kier alpha value is -3.06. The van der Waals surface area contributed by atoms with Gasteiger partial charge in [-0.3, -0.25) is 0 Å². The van der Waals surface area contributed by atoms with E-state index in [1.807, 2.05) is 9.13 Å². The van der Waals surface area contributed by atoms with Crippen molar-refractivity contribution in [3.05, 3.63) is 25.3 Å². The number of carbonyl (C=O) groups is 6. The molecule has 0 aliphatic heterocycles. The van der Waals surface area contributed by atoms with Crippen molar-refractivity contribution in [3.8, 4) is 0 Å². The Balaban J connectivity index is -0.0000000334. The molecule has 0 spiro atoms. The maximum Gasteiger partial charge on any atom is 2.00 e. The third-order valence-electron chi connectivity index (χ3n) is 6.06. The van der Waals surface area contributed by atoms with Crippen molar-refractivity contribution in [2.45, 2.75) is 177 Å². The second-order valence-electron chi connectivity index (χ2n) is 21.3. The van der Waals surface area contributed by atoms with E-state index in [1.165, 1.54) is 0 Å². The molecule has 0 saturated carbocycles. The molecule has 0 aromatic carbocycles. The summed E-state index contributed by atoms with van der Waals surface area (Å²) < 4.78 is 3.93. The van der Waals surface area contributed by atoms with Crippen molar-refractivity contribution in [2.75, 3.05) is 0 Å². The van der Waals surface area contributed by atoms with Gasteiger partial charge in [0.1, 0.15) is 25.3 Å². The van der Waals surface area contributed by atoms with Crippen LogP contribution >= 0.6 is 0 Å². The largest absolute Gasteiger partial charge is 2.00 e. The minimum atomic E-state index is -1.01. The minimum absolute atomic E-state index is 0. The van der Waals surface area contributed by atoms with Gasteiger partial charge in [-0.25, -0.2) is 0 Å². The maximum atomic E-state index is 9.91. The second-order valence-corrected chi connectivity index (χ2v) is 21.3. The van der Waals surface area contributed by atoms with Crippen molar-refractivity contribution >= 4 is 35.8 Å². The molecule has 10 N–H and O–H groups in total. The van der Waals surface area contributed by atoms with Gasteiger partial charge in [0.15, 0.2) is 0 Å². The SMILES string of the molecule is CC(C)(C)C(=O)[O-].CC(C)(C)C(=O)[O-].CC(C)(C)C(=O)[O-].CC(C)(C)C(=O)[O-].CC(C)(C)C(=O)[O-].CC(C)(C)C(=O)[O-].CC(C)(C)n1cnnc1.CC(C)(C)n1cnnc1.O.O.O.O.[Cu+2].[Cu+2].[Cu+2].[Cu+2].[OH-].[OH-]. The Bertz CT molecular complexity index is 1320. The molecule has 2 aromatic heterocycles. The van der Waals surface area contributed by atoms with Crippen LogP contribution in [0.1, 0.15) is 166 Å². The smallest absolute Gasteiger partial charge is 0.870 e. The number of carbonyl (C=O) groups excluding carboxylic acids is 6. The zero-order chi connectivity index (χ0) is 50.3. The maximum absolute atomic E-state index is 9.91. The fraction of sp³-hybridized carbons (Fsp3) is 0.762. The van der Waals surface area contributed by atoms with Crippen molar-refractivity contribution in [1.29, 1.82) is 0 Å². The van der Waals surface area contributed by atoms with E-state index >= 15 is 0 Å². The fourth-order valence-electron chi connectivity index (χ4n) is 1.09. The van der Waals surface area contributed by atoms with Crippen LogP contribution < -0.4 is 30.6 Å². The molecule has 2 rings (SSSR count). The first-order valence-electron chi connectivity index (χ1n) is 18.9. The summed E-state index contributed by atoms with van der Waals surface area (Å²) in [5, 5.41) is 74.3. The Morgan fingerprint density at radius 2 is 0.357 bits per heavy atom. The summed E-state index contributed by atoms with van der Waals surface area (Å²) in [7, 11) is 0. The van der Waals surface area contributed by atoms with Crippen molar-refractivity contribution in [2.24, 2.45) is 32.5 Å². The van der Waals surface area contributed by atoms with Crippen LogP contribution in [0.4, 0.5) is 0 Å². The van der Waals surface area contributed by atoms with E-state index in [0.717, 1.165) is 0 Å². The third-order valence-corrected chi connectivity index (χ3v) is 6.06. The summed E-state index contributed by atoms with van der Waals surface area (Å²) in [5.74, 6) is -6.04. The number of carboxylic acids is 6. The molecule has 0 amide bonds. The molecule has 436 valence electrons. The summed E-state index contributed by atoms with van der Waals surface area (Å²) in [6, 6.07) is 0. The molecule has 2 heterocycles. The molecule has 0 bridgehead atoms. The van der Waals surface area contributed by atoms with E-state index in [9.17, 15) is 59.4 Å². The molecule has 0 unspecified atom stereocenters. The molecular formula is C42H86Cu4N6O18. The zero-order valence-corrected chi connectivity index (χ0v) is 48.8. The van der Waals surface area contributed by atoms with E-state index < -0.39 is 68.3 Å². The summed E-state index contributed by atoms with van der Waals surface area (Å²) in [4.78, 5) is 59.5. The minimum Gasteiger partial charge on any atom is -0.870 e. The van der Waals surface area contributed by atoms with Gasteiger partial charge >= 0.3 is 68.3 Å². The first kappa shape index (κ1) is 112. The molecule has 2 aromatic rings. The van der Waals surface area contributed by atoms with Crippen LogP contribution in [0.5, 0.6) is 0 Å². The Labute approximate surface area is 458 Å². The van der Waals surface area contributed by atoms with Crippen molar-refractivity contribution in [3.63, 3.8) is 0 Å². The number of hydrogen-bond acceptors (Lipinski definition) is 18. The molecule has 0 aliphatic carbocycles. The normalized spacial score (nSPS) is 9.83. The van der Waals surface area contributed by atoms with E-state index in [-0.39, 0.29) is 112 Å². The Morgan fingerprint density at radius 3 is 0.386 bits per heavy atom. The van der Waals surface area contributed by atoms with Gasteiger partial charge in [0.2, 0.25) is 0 Å². The molecule has 4 radical (unpaired) electrons. The summed E-state index contributed by atoms with van der Waals surface area (Å²) in [6.07, 6.45) is 6.89. The number of aliphatic carboxylic acids is 6. The van der Waals surface area contributed by atoms with Crippen LogP contribution in [-0.4, -0.2) is 98.2 Å². The number of aromatic nitrogens is 6. The second kappa shape index (κ2) is 47.0. The molecule has 28 heteroatoms. The first-order chi connectivity index (χ1) is 25.9. The van der Waals surface area contributed by atoms with Gasteiger partial charge in [-0.05, 0) is 41.5 Å². The van der Waals surface area contributed by atoms with Crippen LogP contribution in [0, 0.1) is 32.5 Å². The molecule has 0 saturated heterocycles. The third kappa shape index (κ3) is 76.4. The van der Waals surface area contributed by atoms with Gasteiger partial charge in [0.25, 0.3) is 0 Å². The molecular weight excluding hydrogens is 1130 g/mol. The quantitative estimate of drug-likeness (QED) is 0.239. The Kier molecular flexibility index (Phi) is 75.3. The number of nitrogens with zero attached hydrogens (tertiary/aromatic N) is 6. The molecule has 70 heavy (non-hydrogen) atoms. The Morgan fingerprint density at radius 1 is 0.286 bits per heavy atom. The van der Waals surface area contributed by atoms with Crippen LogP contribution in [0.2, 0.25) is 0 Å².